The van der Waals surface area contributed by atoms with Crippen LogP contribution < -0.4 is 19.7 Å². The fourth-order valence-corrected chi connectivity index (χ4v) is 3.19. The summed E-state index contributed by atoms with van der Waals surface area (Å²) in [5, 5.41) is 3.37. The van der Waals surface area contributed by atoms with Gasteiger partial charge in [0.2, 0.25) is 0 Å². The molecule has 3 rings (SSSR count). The molecule has 1 N–H and O–H groups in total. The van der Waals surface area contributed by atoms with Gasteiger partial charge < -0.3 is 19.7 Å². The maximum Gasteiger partial charge on any atom is 0.120 e. The summed E-state index contributed by atoms with van der Waals surface area (Å²) < 4.78 is 11.4. The molecule has 2 aromatic rings. The van der Waals surface area contributed by atoms with Gasteiger partial charge in [0.15, 0.2) is 0 Å². The van der Waals surface area contributed by atoms with Crippen LogP contribution in [0.3, 0.4) is 0 Å². The molecule has 0 unspecified atom stereocenters. The van der Waals surface area contributed by atoms with Crippen LogP contribution in [0.5, 0.6) is 11.5 Å². The van der Waals surface area contributed by atoms with Gasteiger partial charge in [-0.05, 0) is 62.7 Å². The van der Waals surface area contributed by atoms with E-state index in [1.165, 1.54) is 11.3 Å². The quantitative estimate of drug-likeness (QED) is 0.830. The Labute approximate surface area is 150 Å². The van der Waals surface area contributed by atoms with Crippen LogP contribution in [0.4, 0.5) is 5.69 Å². The zero-order valence-corrected chi connectivity index (χ0v) is 15.2. The minimum absolute atomic E-state index is 0.344. The number of methoxy groups -OCH3 is 1. The molecule has 4 nitrogen and oxygen atoms in total. The van der Waals surface area contributed by atoms with Gasteiger partial charge in [0.05, 0.1) is 7.11 Å². The van der Waals surface area contributed by atoms with Crippen molar-refractivity contribution in [1.29, 1.82) is 0 Å². The van der Waals surface area contributed by atoms with Crippen molar-refractivity contribution in [1.82, 2.24) is 5.32 Å². The maximum atomic E-state index is 6.09. The highest BCUT2D eigenvalue weighted by Gasteiger charge is 2.14. The lowest BCUT2D eigenvalue weighted by atomic mass is 10.1. The van der Waals surface area contributed by atoms with E-state index >= 15 is 0 Å². The summed E-state index contributed by atoms with van der Waals surface area (Å²) in [7, 11) is 1.70. The topological polar surface area (TPSA) is 33.7 Å². The molecule has 0 spiro atoms. The van der Waals surface area contributed by atoms with Gasteiger partial charge in [-0.2, -0.15) is 0 Å². The molecule has 1 saturated heterocycles. The summed E-state index contributed by atoms with van der Waals surface area (Å²) in [5.74, 6) is 1.86. The van der Waals surface area contributed by atoms with E-state index in [1.807, 2.05) is 12.1 Å². The molecular formula is C21H28N2O2. The average Bonchev–Trinajstić information content (AvgIpc) is 2.68. The Bertz CT molecular complexity index is 651. The van der Waals surface area contributed by atoms with Gasteiger partial charge in [-0.1, -0.05) is 18.2 Å². The molecule has 4 heteroatoms. The van der Waals surface area contributed by atoms with E-state index in [0.717, 1.165) is 50.5 Å². The van der Waals surface area contributed by atoms with Gasteiger partial charge in [-0.25, -0.2) is 0 Å². The second-order valence-electron chi connectivity index (χ2n) is 6.43. The average molecular weight is 340 g/mol. The number of anilines is 1. The predicted octanol–water partition coefficient (Wildman–Crippen LogP) is 3.85. The van der Waals surface area contributed by atoms with Gasteiger partial charge in [0.25, 0.3) is 0 Å². The molecule has 1 aliphatic heterocycles. The van der Waals surface area contributed by atoms with Crippen LogP contribution in [0.1, 0.15) is 25.3 Å². The molecule has 0 bridgehead atoms. The molecule has 0 saturated carbocycles. The third-order valence-corrected chi connectivity index (χ3v) is 4.69. The fraction of sp³-hybridized carbons (Fsp3) is 0.429. The minimum Gasteiger partial charge on any atom is -0.497 e. The van der Waals surface area contributed by atoms with Crippen LogP contribution in [0.15, 0.2) is 48.5 Å². The van der Waals surface area contributed by atoms with Crippen molar-refractivity contribution in [2.45, 2.75) is 32.4 Å². The van der Waals surface area contributed by atoms with E-state index < -0.39 is 0 Å². The van der Waals surface area contributed by atoms with Crippen molar-refractivity contribution in [3.8, 4) is 11.5 Å². The van der Waals surface area contributed by atoms with Crippen LogP contribution in [-0.4, -0.2) is 32.8 Å². The molecule has 134 valence electrons. The summed E-state index contributed by atoms with van der Waals surface area (Å²) >= 11 is 0. The highest BCUT2D eigenvalue weighted by molar-refractivity contribution is 5.51. The molecule has 1 heterocycles. The minimum atomic E-state index is 0.344. The van der Waals surface area contributed by atoms with Gasteiger partial charge in [0, 0.05) is 24.8 Å². The molecule has 0 amide bonds. The summed E-state index contributed by atoms with van der Waals surface area (Å²) in [5.41, 5.74) is 2.46. The summed E-state index contributed by atoms with van der Waals surface area (Å²) in [6.07, 6.45) is 2.51. The number of rotatable bonds is 7. The molecule has 0 radical (unpaired) electrons. The van der Waals surface area contributed by atoms with Gasteiger partial charge in [-0.15, -0.1) is 0 Å². The van der Waals surface area contributed by atoms with E-state index in [1.54, 1.807) is 7.11 Å². The Kier molecular flexibility index (Phi) is 6.18. The number of hydrogen-bond acceptors (Lipinski definition) is 4. The summed E-state index contributed by atoms with van der Waals surface area (Å²) in [6, 6.07) is 16.7. The molecule has 1 aliphatic rings. The zero-order chi connectivity index (χ0) is 17.5. The van der Waals surface area contributed by atoms with Gasteiger partial charge in [0.1, 0.15) is 17.6 Å². The number of piperidine rings is 1. The largest absolute Gasteiger partial charge is 0.497 e. The second kappa shape index (κ2) is 8.77. The Morgan fingerprint density at radius 3 is 2.48 bits per heavy atom. The van der Waals surface area contributed by atoms with E-state index in [9.17, 15) is 0 Å². The molecule has 0 aliphatic carbocycles. The first kappa shape index (κ1) is 17.6. The van der Waals surface area contributed by atoms with Crippen LogP contribution in [0.25, 0.3) is 0 Å². The fourth-order valence-electron chi connectivity index (χ4n) is 3.19. The molecule has 25 heavy (non-hydrogen) atoms. The van der Waals surface area contributed by atoms with Crippen LogP contribution >= 0.6 is 0 Å². The van der Waals surface area contributed by atoms with Crippen molar-refractivity contribution in [3.63, 3.8) is 0 Å². The van der Waals surface area contributed by atoms with Crippen molar-refractivity contribution in [2.24, 2.45) is 0 Å². The first-order valence-corrected chi connectivity index (χ1v) is 9.14. The smallest absolute Gasteiger partial charge is 0.120 e. The number of nitrogens with zero attached hydrogens (tertiary/aromatic N) is 1. The lowest BCUT2D eigenvalue weighted by Crippen LogP contribution is -2.34. The molecular weight excluding hydrogens is 312 g/mol. The third kappa shape index (κ3) is 4.89. The van der Waals surface area contributed by atoms with Gasteiger partial charge in [-0.3, -0.25) is 0 Å². The third-order valence-electron chi connectivity index (χ3n) is 4.69. The molecule has 0 aromatic heterocycles. The van der Waals surface area contributed by atoms with Crippen LogP contribution in [0.2, 0.25) is 0 Å². The standard InChI is InChI=1S/C21H28N2O2/c1-3-23(18-5-4-6-21(15-18)24-2)16-17-7-9-19(10-8-17)25-20-11-13-22-14-12-20/h4-10,15,20,22H,3,11-14,16H2,1-2H3. The van der Waals surface area contributed by atoms with E-state index in [4.69, 9.17) is 9.47 Å². The number of ether oxygens (including phenoxy) is 2. The first-order valence-electron chi connectivity index (χ1n) is 9.14. The lowest BCUT2D eigenvalue weighted by molar-refractivity contribution is 0.162. The molecule has 0 atom stereocenters. The van der Waals surface area contributed by atoms with Crippen LogP contribution in [0, 0.1) is 0 Å². The monoisotopic (exact) mass is 340 g/mol. The van der Waals surface area contributed by atoms with Crippen LogP contribution in [-0.2, 0) is 6.54 Å². The Balaban J connectivity index is 1.62. The molecule has 1 fully saturated rings. The Morgan fingerprint density at radius 2 is 1.80 bits per heavy atom. The normalized spacial score (nSPS) is 15.0. The van der Waals surface area contributed by atoms with Crippen molar-refractivity contribution >= 4 is 5.69 Å². The maximum absolute atomic E-state index is 6.09. The van der Waals surface area contributed by atoms with Crippen molar-refractivity contribution in [3.05, 3.63) is 54.1 Å². The van der Waals surface area contributed by atoms with E-state index in [2.05, 4.69) is 53.5 Å². The van der Waals surface area contributed by atoms with E-state index in [0.29, 0.717) is 6.10 Å². The Morgan fingerprint density at radius 1 is 1.04 bits per heavy atom. The molecule has 2 aromatic carbocycles. The van der Waals surface area contributed by atoms with Gasteiger partial charge >= 0.3 is 0 Å². The highest BCUT2D eigenvalue weighted by Crippen LogP contribution is 2.23. The summed E-state index contributed by atoms with van der Waals surface area (Å²) in [4.78, 5) is 2.34. The van der Waals surface area contributed by atoms with E-state index in [-0.39, 0.29) is 0 Å². The van der Waals surface area contributed by atoms with Crippen molar-refractivity contribution < 1.29 is 9.47 Å². The summed E-state index contributed by atoms with van der Waals surface area (Å²) in [6.45, 7) is 6.09. The zero-order valence-electron chi connectivity index (χ0n) is 15.2. The number of nitrogens with one attached hydrogen (secondary N) is 1. The second-order valence-corrected chi connectivity index (χ2v) is 6.43. The first-order chi connectivity index (χ1) is 12.3. The SMILES string of the molecule is CCN(Cc1ccc(OC2CCNCC2)cc1)c1cccc(OC)c1. The lowest BCUT2D eigenvalue weighted by Gasteiger charge is -2.25. The number of hydrogen-bond donors (Lipinski definition) is 1. The predicted molar refractivity (Wildman–Crippen MR) is 103 cm³/mol. The Hall–Kier alpha value is -2.20. The number of benzene rings is 2. The highest BCUT2D eigenvalue weighted by atomic mass is 16.5. The van der Waals surface area contributed by atoms with Crippen molar-refractivity contribution in [2.75, 3.05) is 31.6 Å².